The number of hydrogen-bond acceptors (Lipinski definition) is 7. The van der Waals surface area contributed by atoms with Crippen molar-refractivity contribution in [3.63, 3.8) is 0 Å². The van der Waals surface area contributed by atoms with Crippen molar-refractivity contribution in [2.75, 3.05) is 18.4 Å². The maximum Gasteiger partial charge on any atom is 0.252 e. The van der Waals surface area contributed by atoms with Crippen LogP contribution in [-0.2, 0) is 14.8 Å². The van der Waals surface area contributed by atoms with Crippen LogP contribution in [0.25, 0.3) is 5.82 Å². The number of sulfonamides is 1. The second-order valence-corrected chi connectivity index (χ2v) is 10.3. The highest BCUT2D eigenvalue weighted by Crippen LogP contribution is 2.28. The van der Waals surface area contributed by atoms with E-state index in [1.165, 1.54) is 33.0 Å². The SMILES string of the molecule is Cc1ccc(S(=O)(=O)N2CCC[C@@H](C(=O)Nc3ccc(-n4cncn4)nc3)C2)s1. The van der Waals surface area contributed by atoms with Gasteiger partial charge in [0.05, 0.1) is 17.8 Å². The van der Waals surface area contributed by atoms with Crippen LogP contribution in [0.5, 0.6) is 0 Å². The minimum atomic E-state index is -3.57. The third-order valence-corrected chi connectivity index (χ3v) is 8.07. The highest BCUT2D eigenvalue weighted by Gasteiger charge is 2.34. The number of aryl methyl sites for hydroxylation is 1. The van der Waals surface area contributed by atoms with Crippen LogP contribution in [0, 0.1) is 12.8 Å². The smallest absolute Gasteiger partial charge is 0.252 e. The molecular formula is C18H20N6O3S2. The second kappa shape index (κ2) is 8.01. The predicted octanol–water partition coefficient (Wildman–Crippen LogP) is 2.07. The van der Waals surface area contributed by atoms with Crippen molar-refractivity contribution < 1.29 is 13.2 Å². The average molecular weight is 433 g/mol. The van der Waals surface area contributed by atoms with Gasteiger partial charge in [0.2, 0.25) is 5.91 Å². The fourth-order valence-electron chi connectivity index (χ4n) is 3.22. The fraction of sp³-hybridized carbons (Fsp3) is 0.333. The molecule has 0 bridgehead atoms. The number of aromatic nitrogens is 4. The molecule has 1 aliphatic heterocycles. The first kappa shape index (κ1) is 19.7. The minimum Gasteiger partial charge on any atom is -0.324 e. The van der Waals surface area contributed by atoms with Gasteiger partial charge in [0.25, 0.3) is 10.0 Å². The molecule has 1 N–H and O–H groups in total. The van der Waals surface area contributed by atoms with E-state index in [-0.39, 0.29) is 12.5 Å². The Kier molecular flexibility index (Phi) is 5.43. The van der Waals surface area contributed by atoms with Crippen molar-refractivity contribution in [3.05, 3.63) is 48.0 Å². The Morgan fingerprint density at radius 2 is 2.14 bits per heavy atom. The number of carbonyl (C=O) groups excluding carboxylic acids is 1. The van der Waals surface area contributed by atoms with Crippen molar-refractivity contribution in [1.29, 1.82) is 0 Å². The normalized spacial score (nSPS) is 17.9. The first-order chi connectivity index (χ1) is 13.9. The molecule has 0 unspecified atom stereocenters. The molecule has 4 heterocycles. The molecule has 1 saturated heterocycles. The van der Waals surface area contributed by atoms with Gasteiger partial charge in [-0.25, -0.2) is 23.1 Å². The van der Waals surface area contributed by atoms with Crippen LogP contribution >= 0.6 is 11.3 Å². The van der Waals surface area contributed by atoms with E-state index in [0.717, 1.165) is 4.88 Å². The molecule has 11 heteroatoms. The number of nitrogens with one attached hydrogen (secondary N) is 1. The average Bonchev–Trinajstić information content (AvgIpc) is 3.41. The first-order valence-electron chi connectivity index (χ1n) is 9.12. The molecule has 0 radical (unpaired) electrons. The summed E-state index contributed by atoms with van der Waals surface area (Å²) in [6, 6.07) is 6.87. The Hall–Kier alpha value is -2.63. The largest absolute Gasteiger partial charge is 0.324 e. The molecule has 1 atom stereocenters. The van der Waals surface area contributed by atoms with Crippen LogP contribution in [0.15, 0.2) is 47.3 Å². The van der Waals surface area contributed by atoms with Crippen LogP contribution < -0.4 is 5.32 Å². The Labute approximate surface area is 172 Å². The quantitative estimate of drug-likeness (QED) is 0.661. The lowest BCUT2D eigenvalue weighted by Crippen LogP contribution is -2.43. The van der Waals surface area contributed by atoms with Crippen LogP contribution in [0.4, 0.5) is 5.69 Å². The van der Waals surface area contributed by atoms with E-state index >= 15 is 0 Å². The Morgan fingerprint density at radius 3 is 2.79 bits per heavy atom. The number of thiophene rings is 1. The number of nitrogens with zero attached hydrogens (tertiary/aromatic N) is 5. The van der Waals surface area contributed by atoms with Crippen LogP contribution in [0.1, 0.15) is 17.7 Å². The van der Waals surface area contributed by atoms with Gasteiger partial charge in [-0.1, -0.05) is 0 Å². The molecule has 152 valence electrons. The van der Waals surface area contributed by atoms with Crippen molar-refractivity contribution in [3.8, 4) is 5.82 Å². The number of pyridine rings is 1. The molecule has 0 saturated carbocycles. The molecule has 3 aromatic heterocycles. The maximum absolute atomic E-state index is 12.9. The summed E-state index contributed by atoms with van der Waals surface area (Å²) in [6.45, 7) is 2.48. The highest BCUT2D eigenvalue weighted by molar-refractivity contribution is 7.91. The van der Waals surface area contributed by atoms with Gasteiger partial charge in [0.1, 0.15) is 16.9 Å². The summed E-state index contributed by atoms with van der Waals surface area (Å²) < 4.78 is 29.0. The predicted molar refractivity (Wildman–Crippen MR) is 108 cm³/mol. The Morgan fingerprint density at radius 1 is 1.28 bits per heavy atom. The van der Waals surface area contributed by atoms with Gasteiger partial charge in [-0.05, 0) is 44.0 Å². The molecule has 1 aliphatic rings. The Bertz CT molecular complexity index is 1090. The maximum atomic E-state index is 12.9. The van der Waals surface area contributed by atoms with Crippen LogP contribution in [0.3, 0.4) is 0 Å². The summed E-state index contributed by atoms with van der Waals surface area (Å²) in [7, 11) is -3.57. The van der Waals surface area contributed by atoms with E-state index in [2.05, 4.69) is 20.4 Å². The topological polar surface area (TPSA) is 110 Å². The van der Waals surface area contributed by atoms with E-state index in [1.807, 2.05) is 6.92 Å². The zero-order valence-electron chi connectivity index (χ0n) is 15.7. The standard InChI is InChI=1S/C18H20N6O3S2/c1-13-4-7-17(28-13)29(26,27)23-8-2-3-14(10-23)18(25)22-15-5-6-16(20-9-15)24-12-19-11-21-24/h4-7,9,11-12,14H,2-3,8,10H2,1H3,(H,22,25)/t14-/m1/s1. The van der Waals surface area contributed by atoms with E-state index in [9.17, 15) is 13.2 Å². The van der Waals surface area contributed by atoms with Crippen molar-refractivity contribution in [2.45, 2.75) is 24.0 Å². The second-order valence-electron chi connectivity index (χ2n) is 6.80. The molecule has 1 amide bonds. The van der Waals surface area contributed by atoms with E-state index < -0.39 is 15.9 Å². The summed E-state index contributed by atoms with van der Waals surface area (Å²) in [5, 5.41) is 6.84. The first-order valence-corrected chi connectivity index (χ1v) is 11.4. The van der Waals surface area contributed by atoms with Gasteiger partial charge in [0, 0.05) is 18.0 Å². The molecule has 0 aliphatic carbocycles. The number of carbonyl (C=O) groups is 1. The van der Waals surface area contributed by atoms with Crippen LogP contribution in [0.2, 0.25) is 0 Å². The summed E-state index contributed by atoms with van der Waals surface area (Å²) in [4.78, 5) is 21.8. The van der Waals surface area contributed by atoms with Gasteiger partial charge in [0.15, 0.2) is 5.82 Å². The number of hydrogen-bond donors (Lipinski definition) is 1. The van der Waals surface area contributed by atoms with Gasteiger partial charge in [-0.3, -0.25) is 4.79 Å². The summed E-state index contributed by atoms with van der Waals surface area (Å²) >= 11 is 1.25. The van der Waals surface area contributed by atoms with Crippen molar-refractivity contribution >= 4 is 33.0 Å². The number of anilines is 1. The summed E-state index contributed by atoms with van der Waals surface area (Å²) in [5.74, 6) is -0.0289. The van der Waals surface area contributed by atoms with Crippen LogP contribution in [-0.4, -0.2) is 51.5 Å². The third kappa shape index (κ3) is 4.21. The molecular weight excluding hydrogens is 412 g/mol. The monoisotopic (exact) mass is 432 g/mol. The summed E-state index contributed by atoms with van der Waals surface area (Å²) in [5.41, 5.74) is 0.549. The van der Waals surface area contributed by atoms with Gasteiger partial charge in [-0.2, -0.15) is 9.40 Å². The molecule has 0 spiro atoms. The molecule has 3 aromatic rings. The third-order valence-electron chi connectivity index (χ3n) is 4.73. The van der Waals surface area contributed by atoms with E-state index in [0.29, 0.717) is 35.1 Å². The molecule has 9 nitrogen and oxygen atoms in total. The fourth-order valence-corrected chi connectivity index (χ4v) is 6.18. The van der Waals surface area contributed by atoms with Crippen molar-refractivity contribution in [2.24, 2.45) is 5.92 Å². The molecule has 1 fully saturated rings. The highest BCUT2D eigenvalue weighted by atomic mass is 32.2. The summed E-state index contributed by atoms with van der Waals surface area (Å²) in [6.07, 6.45) is 5.78. The molecule has 0 aromatic carbocycles. The number of rotatable bonds is 5. The number of amides is 1. The van der Waals surface area contributed by atoms with Gasteiger partial charge < -0.3 is 5.32 Å². The van der Waals surface area contributed by atoms with Gasteiger partial charge >= 0.3 is 0 Å². The zero-order chi connectivity index (χ0) is 20.4. The lowest BCUT2D eigenvalue weighted by molar-refractivity contribution is -0.120. The van der Waals surface area contributed by atoms with E-state index in [1.54, 1.807) is 30.5 Å². The lowest BCUT2D eigenvalue weighted by Gasteiger charge is -2.30. The zero-order valence-corrected chi connectivity index (χ0v) is 17.4. The molecule has 4 rings (SSSR count). The Balaban J connectivity index is 1.42. The van der Waals surface area contributed by atoms with E-state index in [4.69, 9.17) is 0 Å². The lowest BCUT2D eigenvalue weighted by atomic mass is 9.99. The van der Waals surface area contributed by atoms with Gasteiger partial charge in [-0.15, -0.1) is 11.3 Å². The molecule has 29 heavy (non-hydrogen) atoms. The minimum absolute atomic E-state index is 0.176. The number of piperidine rings is 1. The van der Waals surface area contributed by atoms with Crippen molar-refractivity contribution in [1.82, 2.24) is 24.1 Å².